The second kappa shape index (κ2) is 9.44. The summed E-state index contributed by atoms with van der Waals surface area (Å²) >= 11 is 0. The lowest BCUT2D eigenvalue weighted by molar-refractivity contribution is -0.110. The minimum atomic E-state index is -1.39. The number of oxime groups is 1. The van der Waals surface area contributed by atoms with E-state index in [1.165, 1.54) is 6.20 Å². The second-order valence-corrected chi connectivity index (χ2v) is 9.23. The quantitative estimate of drug-likeness (QED) is 0.299. The van der Waals surface area contributed by atoms with Gasteiger partial charge in [-0.1, -0.05) is 12.1 Å². The molecular weight excluding hydrogens is 404 g/mol. The number of nitrogens with one attached hydrogen (secondary N) is 1. The Morgan fingerprint density at radius 1 is 1.23 bits per heavy atom. The number of hydrogen-bond acceptors (Lipinski definition) is 7. The van der Waals surface area contributed by atoms with Gasteiger partial charge in [0.05, 0.1) is 31.3 Å². The highest BCUT2D eigenvalue weighted by Gasteiger charge is 2.35. The topological polar surface area (TPSA) is 103 Å². The maximum atomic E-state index is 12.9. The highest BCUT2D eigenvalue weighted by Crippen LogP contribution is 2.30. The van der Waals surface area contributed by atoms with Crippen LogP contribution >= 0.6 is 0 Å². The molecule has 1 saturated carbocycles. The van der Waals surface area contributed by atoms with Crippen molar-refractivity contribution < 1.29 is 18.6 Å². The Balaban J connectivity index is 1.53. The lowest BCUT2D eigenvalue weighted by Gasteiger charge is -2.10. The molecule has 1 aromatic heterocycles. The first-order chi connectivity index (χ1) is 14.6. The van der Waals surface area contributed by atoms with Crippen LogP contribution in [0.3, 0.4) is 0 Å². The molecule has 1 saturated heterocycles. The summed E-state index contributed by atoms with van der Waals surface area (Å²) < 4.78 is 17.7. The van der Waals surface area contributed by atoms with Crippen LogP contribution < -0.4 is 5.32 Å². The fraction of sp³-hybridized carbons (Fsp3) is 0.429. The van der Waals surface area contributed by atoms with Crippen molar-refractivity contribution in [2.45, 2.75) is 48.9 Å². The lowest BCUT2D eigenvalue weighted by atomic mass is 10.1. The van der Waals surface area contributed by atoms with Crippen molar-refractivity contribution in [3.05, 3.63) is 47.9 Å². The Labute approximate surface area is 177 Å². The number of aryl methyl sites for hydroxylation is 1. The van der Waals surface area contributed by atoms with Crippen LogP contribution in [0.2, 0.25) is 0 Å². The van der Waals surface area contributed by atoms with E-state index in [1.54, 1.807) is 30.5 Å². The number of carbonyl (C=O) groups excluding carboxylic acids is 1. The molecule has 1 N–H and O–H groups in total. The number of ether oxygens (including phenoxy) is 1. The van der Waals surface area contributed by atoms with E-state index in [1.807, 2.05) is 6.92 Å². The zero-order valence-corrected chi connectivity index (χ0v) is 17.7. The number of rotatable bonds is 8. The third-order valence-corrected chi connectivity index (χ3v) is 6.97. The summed E-state index contributed by atoms with van der Waals surface area (Å²) in [5.74, 6) is -0.116. The first-order valence-electron chi connectivity index (χ1n) is 10.1. The molecule has 2 aliphatic rings. The summed E-state index contributed by atoms with van der Waals surface area (Å²) in [5.41, 5.74) is 1.54. The molecule has 1 amide bonds. The summed E-state index contributed by atoms with van der Waals surface area (Å²) in [7, 11) is -1.39. The van der Waals surface area contributed by atoms with Gasteiger partial charge in [0.25, 0.3) is 5.91 Å². The van der Waals surface area contributed by atoms with Gasteiger partial charge in [-0.05, 0) is 43.5 Å². The maximum absolute atomic E-state index is 12.9. The molecule has 0 bridgehead atoms. The molecule has 0 radical (unpaired) electrons. The molecule has 4 rings (SSSR count). The van der Waals surface area contributed by atoms with Crippen molar-refractivity contribution in [2.75, 3.05) is 18.5 Å². The van der Waals surface area contributed by atoms with E-state index in [2.05, 4.69) is 20.4 Å². The molecule has 2 atom stereocenters. The van der Waals surface area contributed by atoms with Crippen molar-refractivity contribution in [2.24, 2.45) is 5.16 Å². The monoisotopic (exact) mass is 429 g/mol. The SMILES string of the molecule is CCc1cnc(NC(=O)/C(=N/O[C@@H]2CCOC2)c2ccc([SH+](=O)C3CC3)cc2)cn1. The van der Waals surface area contributed by atoms with Crippen LogP contribution in [0.15, 0.2) is 46.7 Å². The fourth-order valence-electron chi connectivity index (χ4n) is 3.01. The minimum absolute atomic E-state index is 0.122. The van der Waals surface area contributed by atoms with Crippen molar-refractivity contribution >= 4 is 28.2 Å². The number of anilines is 1. The highest BCUT2D eigenvalue weighted by atomic mass is 32.2. The first kappa shape index (κ1) is 20.6. The molecule has 0 spiro atoms. The van der Waals surface area contributed by atoms with E-state index >= 15 is 0 Å². The van der Waals surface area contributed by atoms with Crippen LogP contribution in [0.4, 0.5) is 5.82 Å². The van der Waals surface area contributed by atoms with Crippen LogP contribution in [-0.2, 0) is 35.8 Å². The van der Waals surface area contributed by atoms with Gasteiger partial charge in [0.2, 0.25) is 0 Å². The van der Waals surface area contributed by atoms with Crippen LogP contribution in [0, 0.1) is 0 Å². The highest BCUT2D eigenvalue weighted by molar-refractivity contribution is 7.86. The normalized spacial score (nSPS) is 20.0. The third kappa shape index (κ3) is 5.09. The Hall–Kier alpha value is -2.65. The summed E-state index contributed by atoms with van der Waals surface area (Å²) in [4.78, 5) is 27.7. The van der Waals surface area contributed by atoms with E-state index < -0.39 is 16.7 Å². The van der Waals surface area contributed by atoms with Gasteiger partial charge < -0.3 is 14.9 Å². The van der Waals surface area contributed by atoms with E-state index in [0.717, 1.165) is 36.3 Å². The predicted molar refractivity (Wildman–Crippen MR) is 114 cm³/mol. The number of aromatic nitrogens is 2. The molecule has 9 heteroatoms. The molecule has 158 valence electrons. The first-order valence-corrected chi connectivity index (χ1v) is 11.5. The summed E-state index contributed by atoms with van der Waals surface area (Å²) in [6.07, 6.45) is 6.48. The van der Waals surface area contributed by atoms with Crippen LogP contribution in [0.5, 0.6) is 0 Å². The molecule has 2 aromatic rings. The number of amides is 1. The van der Waals surface area contributed by atoms with Crippen molar-refractivity contribution in [1.82, 2.24) is 9.97 Å². The standard InChI is InChI=1S/C21H24N4O4S/c1-2-15-11-23-19(12-22-15)24-21(26)20(25-29-16-9-10-28-13-16)14-3-5-17(6-4-14)30(27)18-7-8-18/h3-6,11-12,16,18H,2,7-10,13H2,1H3,(H,23,24,26)/p+1/b25-20+/t16-,30?/m1/s1. The van der Waals surface area contributed by atoms with Crippen molar-refractivity contribution in [1.29, 1.82) is 0 Å². The van der Waals surface area contributed by atoms with Gasteiger partial charge in [-0.2, -0.15) is 0 Å². The lowest BCUT2D eigenvalue weighted by Crippen LogP contribution is -2.26. The maximum Gasteiger partial charge on any atom is 0.279 e. The third-order valence-electron chi connectivity index (χ3n) is 4.98. The molecule has 1 aromatic carbocycles. The molecule has 1 aliphatic heterocycles. The van der Waals surface area contributed by atoms with E-state index in [4.69, 9.17) is 9.57 Å². The van der Waals surface area contributed by atoms with Gasteiger partial charge >= 0.3 is 0 Å². The molecule has 1 aliphatic carbocycles. The molecule has 8 nitrogen and oxygen atoms in total. The van der Waals surface area contributed by atoms with Gasteiger partial charge in [-0.25, -0.2) is 4.98 Å². The minimum Gasteiger partial charge on any atom is -0.389 e. The zero-order valence-electron chi connectivity index (χ0n) is 16.8. The van der Waals surface area contributed by atoms with Gasteiger partial charge in [0.1, 0.15) is 16.0 Å². The van der Waals surface area contributed by atoms with E-state index in [-0.39, 0.29) is 17.1 Å². The average molecular weight is 430 g/mol. The number of benzene rings is 1. The van der Waals surface area contributed by atoms with E-state index in [0.29, 0.717) is 24.6 Å². The van der Waals surface area contributed by atoms with Crippen LogP contribution in [0.25, 0.3) is 0 Å². The zero-order chi connectivity index (χ0) is 20.9. The number of carbonyl (C=O) groups is 1. The van der Waals surface area contributed by atoms with Gasteiger partial charge in [-0.3, -0.25) is 9.78 Å². The molecule has 30 heavy (non-hydrogen) atoms. The summed E-state index contributed by atoms with van der Waals surface area (Å²) in [6, 6.07) is 7.10. The van der Waals surface area contributed by atoms with Crippen LogP contribution in [-0.4, -0.2) is 46.2 Å². The number of nitrogens with zero attached hydrogens (tertiary/aromatic N) is 3. The largest absolute Gasteiger partial charge is 0.389 e. The van der Waals surface area contributed by atoms with Gasteiger partial charge in [0, 0.05) is 12.0 Å². The molecule has 1 unspecified atom stereocenters. The predicted octanol–water partition coefficient (Wildman–Crippen LogP) is 2.40. The fourth-order valence-corrected chi connectivity index (χ4v) is 4.49. The Bertz CT molecular complexity index is 936. The average Bonchev–Trinajstić information content (AvgIpc) is 3.50. The van der Waals surface area contributed by atoms with E-state index in [9.17, 15) is 9.00 Å². The Morgan fingerprint density at radius 2 is 2.03 bits per heavy atom. The molecule has 2 fully saturated rings. The van der Waals surface area contributed by atoms with Gasteiger partial charge in [-0.15, -0.1) is 4.21 Å². The van der Waals surface area contributed by atoms with Gasteiger partial charge in [0.15, 0.2) is 22.5 Å². The molecular formula is C21H25N4O4S+. The van der Waals surface area contributed by atoms with Crippen LogP contribution in [0.1, 0.15) is 37.4 Å². The Kier molecular flexibility index (Phi) is 6.49. The Morgan fingerprint density at radius 3 is 2.63 bits per heavy atom. The number of hydrogen-bond donors (Lipinski definition) is 1. The smallest absolute Gasteiger partial charge is 0.279 e. The summed E-state index contributed by atoms with van der Waals surface area (Å²) in [5, 5.41) is 7.14. The number of thiol groups is 1. The summed E-state index contributed by atoms with van der Waals surface area (Å²) in [6.45, 7) is 3.05. The van der Waals surface area contributed by atoms with Crippen molar-refractivity contribution in [3.8, 4) is 0 Å². The molecule has 2 heterocycles. The van der Waals surface area contributed by atoms with Crippen molar-refractivity contribution in [3.63, 3.8) is 0 Å². The second-order valence-electron chi connectivity index (χ2n) is 7.34.